The molecule has 7 heteroatoms. The molecule has 0 radical (unpaired) electrons. The topological polar surface area (TPSA) is 77.1 Å². The summed E-state index contributed by atoms with van der Waals surface area (Å²) in [6.45, 7) is -0.153. The van der Waals surface area contributed by atoms with E-state index in [-0.39, 0.29) is 23.6 Å². The van der Waals surface area contributed by atoms with E-state index in [2.05, 4.69) is 26.2 Å². The average Bonchev–Trinajstić information content (AvgIpc) is 2.99. The summed E-state index contributed by atoms with van der Waals surface area (Å²) in [6, 6.07) is 14.6. The van der Waals surface area contributed by atoms with Crippen LogP contribution in [0.15, 0.2) is 68.5 Å². The van der Waals surface area contributed by atoms with Gasteiger partial charge in [-0.05, 0) is 40.2 Å². The van der Waals surface area contributed by atoms with Crippen molar-refractivity contribution in [2.45, 2.75) is 6.54 Å². The van der Waals surface area contributed by atoms with Crippen molar-refractivity contribution in [3.8, 4) is 0 Å². The van der Waals surface area contributed by atoms with E-state index in [4.69, 9.17) is 4.42 Å². The quantitative estimate of drug-likeness (QED) is 0.573. The van der Waals surface area contributed by atoms with Gasteiger partial charge in [0.05, 0.1) is 12.0 Å². The van der Waals surface area contributed by atoms with Crippen LogP contribution in [0.25, 0.3) is 22.1 Å². The summed E-state index contributed by atoms with van der Waals surface area (Å²) in [5.74, 6) is -0.328. The van der Waals surface area contributed by atoms with Crippen molar-refractivity contribution >= 4 is 49.6 Å². The van der Waals surface area contributed by atoms with Crippen molar-refractivity contribution < 1.29 is 9.21 Å². The highest BCUT2D eigenvalue weighted by atomic mass is 79.9. The predicted molar refractivity (Wildman–Crippen MR) is 98.5 cm³/mol. The minimum absolute atomic E-state index is 0.150. The van der Waals surface area contributed by atoms with Crippen LogP contribution >= 0.6 is 15.9 Å². The molecule has 0 atom stereocenters. The predicted octanol–water partition coefficient (Wildman–Crippen LogP) is 3.54. The number of carbonyl (C=O) groups excluding carboxylic acids is 1. The fraction of sp³-hybridized carbons (Fsp3) is 0.0556. The number of nitrogens with zero attached hydrogens (tertiary/aromatic N) is 2. The maximum absolute atomic E-state index is 12.6. The van der Waals surface area contributed by atoms with Crippen LogP contribution in [0, 0.1) is 0 Å². The smallest absolute Gasteiger partial charge is 0.297 e. The number of rotatable bonds is 3. The summed E-state index contributed by atoms with van der Waals surface area (Å²) in [6.07, 6.45) is 1.37. The first-order chi connectivity index (χ1) is 12.1. The van der Waals surface area contributed by atoms with E-state index < -0.39 is 0 Å². The SMILES string of the molecule is O=C(Cn1cnc2c(oc3ccccc32)c1=O)Nc1ccccc1Br. The van der Waals surface area contributed by atoms with Gasteiger partial charge in [-0.15, -0.1) is 0 Å². The van der Waals surface area contributed by atoms with E-state index in [0.29, 0.717) is 16.8 Å². The molecular formula is C18H12BrN3O3. The van der Waals surface area contributed by atoms with Crippen LogP contribution in [0.1, 0.15) is 0 Å². The normalized spacial score (nSPS) is 11.1. The Morgan fingerprint density at radius 3 is 2.76 bits per heavy atom. The number of nitrogens with one attached hydrogen (secondary N) is 1. The van der Waals surface area contributed by atoms with Gasteiger partial charge in [0.25, 0.3) is 5.56 Å². The largest absolute Gasteiger partial charge is 0.448 e. The molecule has 4 aromatic rings. The monoisotopic (exact) mass is 397 g/mol. The summed E-state index contributed by atoms with van der Waals surface area (Å²) < 4.78 is 7.61. The van der Waals surface area contributed by atoms with Gasteiger partial charge in [0.15, 0.2) is 0 Å². The van der Waals surface area contributed by atoms with Gasteiger partial charge in [0, 0.05) is 9.86 Å². The molecule has 1 amide bonds. The highest BCUT2D eigenvalue weighted by molar-refractivity contribution is 9.10. The maximum Gasteiger partial charge on any atom is 0.297 e. The Labute approximate surface area is 150 Å². The molecule has 0 saturated carbocycles. The number of hydrogen-bond donors (Lipinski definition) is 1. The van der Waals surface area contributed by atoms with Crippen molar-refractivity contribution in [3.05, 3.63) is 69.7 Å². The second-order valence-corrected chi connectivity index (χ2v) is 6.34. The van der Waals surface area contributed by atoms with Crippen LogP contribution in [0.3, 0.4) is 0 Å². The molecule has 0 spiro atoms. The van der Waals surface area contributed by atoms with Crippen LogP contribution < -0.4 is 10.9 Å². The number of carbonyl (C=O) groups is 1. The first-order valence-corrected chi connectivity index (χ1v) is 8.34. The van der Waals surface area contributed by atoms with Gasteiger partial charge in [-0.2, -0.15) is 0 Å². The standard InChI is InChI=1S/C18H12BrN3O3/c19-12-6-2-3-7-13(12)21-15(23)9-22-10-20-16-11-5-1-4-8-14(11)25-17(16)18(22)24/h1-8,10H,9H2,(H,21,23). The highest BCUT2D eigenvalue weighted by Gasteiger charge is 2.14. The molecule has 0 aliphatic carbocycles. The van der Waals surface area contributed by atoms with Crippen LogP contribution in [0.4, 0.5) is 5.69 Å². The lowest BCUT2D eigenvalue weighted by Gasteiger charge is -2.08. The molecule has 2 aromatic heterocycles. The number of aromatic nitrogens is 2. The number of halogens is 1. The van der Waals surface area contributed by atoms with Crippen molar-refractivity contribution in [2.75, 3.05) is 5.32 Å². The Balaban J connectivity index is 1.67. The lowest BCUT2D eigenvalue weighted by atomic mass is 10.2. The number of anilines is 1. The van der Waals surface area contributed by atoms with Crippen LogP contribution in [-0.4, -0.2) is 15.5 Å². The average molecular weight is 398 g/mol. The van der Waals surface area contributed by atoms with Crippen molar-refractivity contribution in [1.29, 1.82) is 0 Å². The van der Waals surface area contributed by atoms with Gasteiger partial charge < -0.3 is 9.73 Å². The minimum Gasteiger partial charge on any atom is -0.448 e. The zero-order chi connectivity index (χ0) is 17.4. The summed E-state index contributed by atoms with van der Waals surface area (Å²) in [7, 11) is 0. The molecular weight excluding hydrogens is 386 g/mol. The second-order valence-electron chi connectivity index (χ2n) is 5.48. The molecule has 0 aliphatic rings. The molecule has 2 heterocycles. The molecule has 2 aromatic carbocycles. The molecule has 0 bridgehead atoms. The first kappa shape index (κ1) is 15.6. The van der Waals surface area contributed by atoms with E-state index in [9.17, 15) is 9.59 Å². The summed E-state index contributed by atoms with van der Waals surface area (Å²) >= 11 is 3.37. The Hall–Kier alpha value is -2.93. The lowest BCUT2D eigenvalue weighted by Crippen LogP contribution is -2.27. The van der Waals surface area contributed by atoms with Gasteiger partial charge >= 0.3 is 0 Å². The fourth-order valence-corrected chi connectivity index (χ4v) is 3.02. The minimum atomic E-state index is -0.386. The van der Waals surface area contributed by atoms with Crippen LogP contribution in [-0.2, 0) is 11.3 Å². The maximum atomic E-state index is 12.6. The second kappa shape index (κ2) is 6.18. The van der Waals surface area contributed by atoms with E-state index in [0.717, 1.165) is 9.86 Å². The summed E-state index contributed by atoms with van der Waals surface area (Å²) in [4.78, 5) is 29.1. The zero-order valence-corrected chi connectivity index (χ0v) is 14.5. The van der Waals surface area contributed by atoms with Gasteiger partial charge in [-0.25, -0.2) is 4.98 Å². The van der Waals surface area contributed by atoms with Gasteiger partial charge in [-0.3, -0.25) is 14.2 Å². The zero-order valence-electron chi connectivity index (χ0n) is 12.9. The van der Waals surface area contributed by atoms with Crippen LogP contribution in [0.5, 0.6) is 0 Å². The Bertz CT molecular complexity index is 1160. The summed E-state index contributed by atoms with van der Waals surface area (Å²) in [5.41, 5.74) is 1.50. The number of amides is 1. The Morgan fingerprint density at radius 2 is 1.92 bits per heavy atom. The third kappa shape index (κ3) is 2.83. The van der Waals surface area contributed by atoms with Gasteiger partial charge in [0.1, 0.15) is 17.6 Å². The number of furan rings is 1. The van der Waals surface area contributed by atoms with Gasteiger partial charge in [0.2, 0.25) is 11.5 Å². The third-order valence-corrected chi connectivity index (χ3v) is 4.50. The number of fused-ring (bicyclic) bond motifs is 3. The van der Waals surface area contributed by atoms with E-state index in [1.807, 2.05) is 36.4 Å². The number of hydrogen-bond acceptors (Lipinski definition) is 4. The molecule has 0 saturated heterocycles. The van der Waals surface area contributed by atoms with E-state index in [1.54, 1.807) is 12.1 Å². The molecule has 0 aliphatic heterocycles. The Morgan fingerprint density at radius 1 is 1.16 bits per heavy atom. The third-order valence-electron chi connectivity index (χ3n) is 3.81. The molecule has 0 unspecified atom stereocenters. The molecule has 6 nitrogen and oxygen atoms in total. The van der Waals surface area contributed by atoms with Crippen molar-refractivity contribution in [2.24, 2.45) is 0 Å². The number of benzene rings is 2. The lowest BCUT2D eigenvalue weighted by molar-refractivity contribution is -0.116. The van der Waals surface area contributed by atoms with Crippen molar-refractivity contribution in [1.82, 2.24) is 9.55 Å². The molecule has 0 fully saturated rings. The number of para-hydroxylation sites is 2. The fourth-order valence-electron chi connectivity index (χ4n) is 2.63. The molecule has 4 rings (SSSR count). The Kier molecular flexibility index (Phi) is 3.85. The van der Waals surface area contributed by atoms with Crippen LogP contribution in [0.2, 0.25) is 0 Å². The molecule has 124 valence electrons. The molecule has 25 heavy (non-hydrogen) atoms. The van der Waals surface area contributed by atoms with Gasteiger partial charge in [-0.1, -0.05) is 24.3 Å². The summed E-state index contributed by atoms with van der Waals surface area (Å²) in [5, 5.41) is 3.53. The van der Waals surface area contributed by atoms with E-state index in [1.165, 1.54) is 10.9 Å². The molecule has 1 N–H and O–H groups in total. The van der Waals surface area contributed by atoms with Crippen molar-refractivity contribution in [3.63, 3.8) is 0 Å². The first-order valence-electron chi connectivity index (χ1n) is 7.54. The highest BCUT2D eigenvalue weighted by Crippen LogP contribution is 2.24. The van der Waals surface area contributed by atoms with E-state index >= 15 is 0 Å².